The maximum atomic E-state index is 13.4. The largest absolute Gasteiger partial charge is 0.417 e. The first-order valence-corrected chi connectivity index (χ1v) is 6.51. The van der Waals surface area contributed by atoms with Crippen LogP contribution in [0, 0.1) is 12.7 Å². The molecule has 0 amide bonds. The Kier molecular flexibility index (Phi) is 4.42. The molecule has 0 heterocycles. The summed E-state index contributed by atoms with van der Waals surface area (Å²) in [5.74, 6) is -0.346. The van der Waals surface area contributed by atoms with Gasteiger partial charge < -0.3 is 5.32 Å². The second-order valence-electron chi connectivity index (χ2n) is 4.63. The smallest absolute Gasteiger partial charge is 0.381 e. The second kappa shape index (κ2) is 5.93. The Bertz CT molecular complexity index is 653. The van der Waals surface area contributed by atoms with Crippen LogP contribution in [0.4, 0.5) is 23.2 Å². The average Bonchev–Trinajstić information content (AvgIpc) is 2.40. The minimum absolute atomic E-state index is 0.218. The van der Waals surface area contributed by atoms with E-state index in [0.29, 0.717) is 11.1 Å². The third-order valence-corrected chi connectivity index (χ3v) is 3.33. The molecule has 2 aromatic rings. The monoisotopic (exact) mass is 317 g/mol. The van der Waals surface area contributed by atoms with Crippen molar-refractivity contribution in [1.29, 1.82) is 0 Å². The molecule has 0 fully saturated rings. The average molecular weight is 318 g/mol. The van der Waals surface area contributed by atoms with Gasteiger partial charge in [0, 0.05) is 12.2 Å². The first kappa shape index (κ1) is 15.6. The Morgan fingerprint density at radius 2 is 1.81 bits per heavy atom. The molecule has 2 rings (SSSR count). The summed E-state index contributed by atoms with van der Waals surface area (Å²) in [5.41, 5.74) is 0.531. The molecule has 0 aliphatic carbocycles. The van der Waals surface area contributed by atoms with E-state index < -0.39 is 11.7 Å². The maximum Gasteiger partial charge on any atom is 0.417 e. The van der Waals surface area contributed by atoms with Gasteiger partial charge in [-0.25, -0.2) is 4.39 Å². The zero-order valence-electron chi connectivity index (χ0n) is 11.1. The van der Waals surface area contributed by atoms with Gasteiger partial charge in [0.15, 0.2) is 0 Å². The summed E-state index contributed by atoms with van der Waals surface area (Å²) in [7, 11) is 0. The molecule has 0 saturated carbocycles. The van der Waals surface area contributed by atoms with Gasteiger partial charge in [-0.2, -0.15) is 13.2 Å². The van der Waals surface area contributed by atoms with E-state index in [1.54, 1.807) is 19.1 Å². The molecule has 0 aliphatic rings. The fourth-order valence-corrected chi connectivity index (χ4v) is 2.03. The van der Waals surface area contributed by atoms with E-state index in [1.165, 1.54) is 18.2 Å². The van der Waals surface area contributed by atoms with Crippen LogP contribution >= 0.6 is 11.6 Å². The molecule has 1 N–H and O–H groups in total. The molecule has 112 valence electrons. The van der Waals surface area contributed by atoms with Gasteiger partial charge in [-0.1, -0.05) is 23.7 Å². The van der Waals surface area contributed by atoms with Crippen molar-refractivity contribution in [2.45, 2.75) is 19.6 Å². The number of hydrogen-bond acceptors (Lipinski definition) is 1. The summed E-state index contributed by atoms with van der Waals surface area (Å²) >= 11 is 5.54. The number of anilines is 1. The summed E-state index contributed by atoms with van der Waals surface area (Å²) in [5, 5.41) is 2.47. The number of alkyl halides is 3. The normalized spacial score (nSPS) is 11.5. The molecule has 6 heteroatoms. The van der Waals surface area contributed by atoms with Crippen LogP contribution in [0.2, 0.25) is 5.02 Å². The molecule has 1 nitrogen and oxygen atoms in total. The molecule has 0 aromatic heterocycles. The molecule has 0 radical (unpaired) electrons. The number of aryl methyl sites for hydroxylation is 1. The second-order valence-corrected chi connectivity index (χ2v) is 5.04. The predicted octanol–water partition coefficient (Wildman–Crippen LogP) is 5.42. The van der Waals surface area contributed by atoms with Gasteiger partial charge in [-0.3, -0.25) is 0 Å². The lowest BCUT2D eigenvalue weighted by Gasteiger charge is -2.12. The quantitative estimate of drug-likeness (QED) is 0.745. The highest BCUT2D eigenvalue weighted by Crippen LogP contribution is 2.36. The van der Waals surface area contributed by atoms with Gasteiger partial charge in [0.2, 0.25) is 0 Å². The van der Waals surface area contributed by atoms with Crippen LogP contribution in [0.1, 0.15) is 16.7 Å². The van der Waals surface area contributed by atoms with Crippen molar-refractivity contribution in [3.63, 3.8) is 0 Å². The number of rotatable bonds is 3. The highest BCUT2D eigenvalue weighted by Gasteiger charge is 2.33. The van der Waals surface area contributed by atoms with Gasteiger partial charge in [0.25, 0.3) is 0 Å². The lowest BCUT2D eigenvalue weighted by atomic mass is 10.1. The molecule has 0 spiro atoms. The number of benzene rings is 2. The van der Waals surface area contributed by atoms with Crippen LogP contribution in [-0.2, 0) is 12.7 Å². The standard InChI is InChI=1S/C15H12ClF4N/c1-9-2-3-10(6-14(9)17)8-21-11-4-5-13(16)12(7-11)15(18,19)20/h2-7,21H,8H2,1H3. The molecule has 21 heavy (non-hydrogen) atoms. The Balaban J connectivity index is 2.15. The van der Waals surface area contributed by atoms with Crippen molar-refractivity contribution >= 4 is 17.3 Å². The van der Waals surface area contributed by atoms with Crippen molar-refractivity contribution in [3.05, 3.63) is 63.9 Å². The number of hydrogen-bond donors (Lipinski definition) is 1. The first-order valence-electron chi connectivity index (χ1n) is 6.13. The minimum atomic E-state index is -4.51. The summed E-state index contributed by atoms with van der Waals surface area (Å²) in [6, 6.07) is 8.25. The summed E-state index contributed by atoms with van der Waals surface area (Å²) < 4.78 is 51.6. The fraction of sp³-hybridized carbons (Fsp3) is 0.200. The van der Waals surface area contributed by atoms with E-state index in [0.717, 1.165) is 6.07 Å². The number of nitrogens with one attached hydrogen (secondary N) is 1. The summed E-state index contributed by atoms with van der Waals surface area (Å²) in [4.78, 5) is 0. The van der Waals surface area contributed by atoms with E-state index in [-0.39, 0.29) is 23.1 Å². The fourth-order valence-electron chi connectivity index (χ4n) is 1.80. The van der Waals surface area contributed by atoms with E-state index in [1.807, 2.05) is 0 Å². The molecular formula is C15H12ClF4N. The van der Waals surface area contributed by atoms with Gasteiger partial charge in [0.1, 0.15) is 5.82 Å². The highest BCUT2D eigenvalue weighted by atomic mass is 35.5. The van der Waals surface area contributed by atoms with Gasteiger partial charge in [-0.15, -0.1) is 0 Å². The molecule has 0 bridgehead atoms. The zero-order chi connectivity index (χ0) is 15.6. The van der Waals surface area contributed by atoms with E-state index in [9.17, 15) is 17.6 Å². The van der Waals surface area contributed by atoms with Crippen molar-refractivity contribution in [3.8, 4) is 0 Å². The molecule has 0 saturated heterocycles. The van der Waals surface area contributed by atoms with Crippen molar-refractivity contribution < 1.29 is 17.6 Å². The van der Waals surface area contributed by atoms with Crippen LogP contribution in [0.15, 0.2) is 36.4 Å². The van der Waals surface area contributed by atoms with Crippen LogP contribution in [0.25, 0.3) is 0 Å². The summed E-state index contributed by atoms with van der Waals surface area (Å²) in [6.45, 7) is 1.86. The van der Waals surface area contributed by atoms with Crippen LogP contribution in [0.5, 0.6) is 0 Å². The first-order chi connectivity index (χ1) is 9.77. The van der Waals surface area contributed by atoms with Gasteiger partial charge >= 0.3 is 6.18 Å². The van der Waals surface area contributed by atoms with Crippen molar-refractivity contribution in [2.75, 3.05) is 5.32 Å². The molecule has 0 unspecified atom stereocenters. The Morgan fingerprint density at radius 3 is 2.43 bits per heavy atom. The van der Waals surface area contributed by atoms with Crippen molar-refractivity contribution in [1.82, 2.24) is 0 Å². The predicted molar refractivity (Wildman–Crippen MR) is 74.9 cm³/mol. The van der Waals surface area contributed by atoms with Crippen LogP contribution in [-0.4, -0.2) is 0 Å². The summed E-state index contributed by atoms with van der Waals surface area (Å²) in [6.07, 6.45) is -4.51. The third-order valence-electron chi connectivity index (χ3n) is 3.00. The minimum Gasteiger partial charge on any atom is -0.381 e. The van der Waals surface area contributed by atoms with E-state index in [2.05, 4.69) is 5.32 Å². The van der Waals surface area contributed by atoms with Crippen molar-refractivity contribution in [2.24, 2.45) is 0 Å². The highest BCUT2D eigenvalue weighted by molar-refractivity contribution is 6.31. The Labute approximate surface area is 124 Å². The molecule has 2 aromatic carbocycles. The lowest BCUT2D eigenvalue weighted by Crippen LogP contribution is -2.07. The Morgan fingerprint density at radius 1 is 1.10 bits per heavy atom. The SMILES string of the molecule is Cc1ccc(CNc2ccc(Cl)c(C(F)(F)F)c2)cc1F. The van der Waals surface area contributed by atoms with E-state index in [4.69, 9.17) is 11.6 Å². The molecular weight excluding hydrogens is 306 g/mol. The maximum absolute atomic E-state index is 13.4. The lowest BCUT2D eigenvalue weighted by molar-refractivity contribution is -0.137. The van der Waals surface area contributed by atoms with Gasteiger partial charge in [0.05, 0.1) is 10.6 Å². The number of halogens is 5. The topological polar surface area (TPSA) is 12.0 Å². The molecule has 0 atom stereocenters. The van der Waals surface area contributed by atoms with Crippen LogP contribution in [0.3, 0.4) is 0 Å². The molecule has 0 aliphatic heterocycles. The van der Waals surface area contributed by atoms with Crippen LogP contribution < -0.4 is 5.32 Å². The third kappa shape index (κ3) is 3.88. The van der Waals surface area contributed by atoms with Gasteiger partial charge in [-0.05, 0) is 42.3 Å². The Hall–Kier alpha value is -1.75. The zero-order valence-corrected chi connectivity index (χ0v) is 11.8. The van der Waals surface area contributed by atoms with E-state index >= 15 is 0 Å².